The summed E-state index contributed by atoms with van der Waals surface area (Å²) < 4.78 is 65.5. The van der Waals surface area contributed by atoms with E-state index in [1.54, 1.807) is 26.0 Å². The zero-order valence-electron chi connectivity index (χ0n) is 13.5. The standard InChI is InChI=1S/C17H18F3NO2S/c1-11-7-12(2)16(13(3)8-11)24(22,23)21-10-14-5-4-6-15(9-14)17(18,19)20/h4-9,21H,10H2,1-3H3. The lowest BCUT2D eigenvalue weighted by atomic mass is 10.1. The lowest BCUT2D eigenvalue weighted by molar-refractivity contribution is -0.137. The van der Waals surface area contributed by atoms with Gasteiger partial charge in [-0.25, -0.2) is 13.1 Å². The van der Waals surface area contributed by atoms with Crippen molar-refractivity contribution in [3.63, 3.8) is 0 Å². The first kappa shape index (κ1) is 18.5. The number of nitrogens with one attached hydrogen (secondary N) is 1. The van der Waals surface area contributed by atoms with Crippen LogP contribution >= 0.6 is 0 Å². The fourth-order valence-electron chi connectivity index (χ4n) is 2.70. The molecule has 130 valence electrons. The molecule has 0 unspecified atom stereocenters. The Bertz CT molecular complexity index is 835. The van der Waals surface area contributed by atoms with Crippen LogP contribution in [0.4, 0.5) is 13.2 Å². The Balaban J connectivity index is 2.26. The molecular formula is C17H18F3NO2S. The molecule has 0 amide bonds. The Morgan fingerprint density at radius 2 is 1.58 bits per heavy atom. The molecule has 0 aliphatic carbocycles. The van der Waals surface area contributed by atoms with Crippen LogP contribution < -0.4 is 4.72 Å². The molecule has 3 nitrogen and oxygen atoms in total. The zero-order chi connectivity index (χ0) is 18.1. The van der Waals surface area contributed by atoms with Crippen LogP contribution in [0.2, 0.25) is 0 Å². The van der Waals surface area contributed by atoms with Gasteiger partial charge in [0.05, 0.1) is 10.5 Å². The summed E-state index contributed by atoms with van der Waals surface area (Å²) in [5.41, 5.74) is 1.59. The second-order valence-electron chi connectivity index (χ2n) is 5.75. The highest BCUT2D eigenvalue weighted by Crippen LogP contribution is 2.29. The molecule has 0 saturated heterocycles. The normalized spacial score (nSPS) is 12.4. The summed E-state index contributed by atoms with van der Waals surface area (Å²) in [6, 6.07) is 8.11. The average Bonchev–Trinajstić information content (AvgIpc) is 2.43. The van der Waals surface area contributed by atoms with E-state index in [4.69, 9.17) is 0 Å². The molecule has 0 aliphatic rings. The SMILES string of the molecule is Cc1cc(C)c(S(=O)(=O)NCc2cccc(C(F)(F)F)c2)c(C)c1. The molecule has 7 heteroatoms. The van der Waals surface area contributed by atoms with Gasteiger partial charge < -0.3 is 0 Å². The Morgan fingerprint density at radius 1 is 1.00 bits per heavy atom. The zero-order valence-corrected chi connectivity index (χ0v) is 14.3. The highest BCUT2D eigenvalue weighted by atomic mass is 32.2. The van der Waals surface area contributed by atoms with Crippen molar-refractivity contribution in [1.29, 1.82) is 0 Å². The summed E-state index contributed by atoms with van der Waals surface area (Å²) in [7, 11) is -3.82. The molecule has 0 spiro atoms. The van der Waals surface area contributed by atoms with Gasteiger partial charge in [-0.3, -0.25) is 0 Å². The Kier molecular flexibility index (Phi) is 5.05. The van der Waals surface area contributed by atoms with Gasteiger partial charge in [0.1, 0.15) is 0 Å². The maximum absolute atomic E-state index is 12.7. The van der Waals surface area contributed by atoms with Crippen molar-refractivity contribution < 1.29 is 21.6 Å². The van der Waals surface area contributed by atoms with Crippen LogP contribution in [0.1, 0.15) is 27.8 Å². The van der Waals surface area contributed by atoms with E-state index in [1.165, 1.54) is 12.1 Å². The first-order valence-corrected chi connectivity index (χ1v) is 8.72. The van der Waals surface area contributed by atoms with Crippen molar-refractivity contribution in [2.24, 2.45) is 0 Å². The highest BCUT2D eigenvalue weighted by Gasteiger charge is 2.30. The van der Waals surface area contributed by atoms with Gasteiger partial charge in [0.25, 0.3) is 0 Å². The molecule has 0 aromatic heterocycles. The largest absolute Gasteiger partial charge is 0.416 e. The quantitative estimate of drug-likeness (QED) is 0.895. The van der Waals surface area contributed by atoms with Crippen molar-refractivity contribution in [1.82, 2.24) is 4.72 Å². The molecule has 0 bridgehead atoms. The summed E-state index contributed by atoms with van der Waals surface area (Å²) >= 11 is 0. The molecule has 2 rings (SSSR count). The molecule has 0 atom stereocenters. The molecule has 0 radical (unpaired) electrons. The van der Waals surface area contributed by atoms with Gasteiger partial charge in [0, 0.05) is 6.54 Å². The Morgan fingerprint density at radius 3 is 2.12 bits per heavy atom. The molecule has 0 saturated carbocycles. The second-order valence-corrected chi connectivity index (χ2v) is 7.45. The highest BCUT2D eigenvalue weighted by molar-refractivity contribution is 7.89. The fraction of sp³-hybridized carbons (Fsp3) is 0.294. The van der Waals surface area contributed by atoms with E-state index in [2.05, 4.69) is 4.72 Å². The molecule has 0 aliphatic heterocycles. The molecule has 0 fully saturated rings. The smallest absolute Gasteiger partial charge is 0.207 e. The minimum Gasteiger partial charge on any atom is -0.207 e. The lowest BCUT2D eigenvalue weighted by Gasteiger charge is -2.14. The van der Waals surface area contributed by atoms with Gasteiger partial charge in [-0.15, -0.1) is 0 Å². The molecular weight excluding hydrogens is 339 g/mol. The molecule has 2 aromatic carbocycles. The number of hydrogen-bond donors (Lipinski definition) is 1. The minimum atomic E-state index is -4.46. The van der Waals surface area contributed by atoms with Gasteiger partial charge in [0.2, 0.25) is 10.0 Å². The van der Waals surface area contributed by atoms with Crippen molar-refractivity contribution in [3.05, 3.63) is 64.2 Å². The topological polar surface area (TPSA) is 46.2 Å². The third kappa shape index (κ3) is 4.15. The van der Waals surface area contributed by atoms with Crippen LogP contribution in [0, 0.1) is 20.8 Å². The van der Waals surface area contributed by atoms with Gasteiger partial charge in [0.15, 0.2) is 0 Å². The maximum atomic E-state index is 12.7. The van der Waals surface area contributed by atoms with E-state index >= 15 is 0 Å². The number of rotatable bonds is 4. The number of benzene rings is 2. The first-order valence-electron chi connectivity index (χ1n) is 7.24. The number of alkyl halides is 3. The molecule has 1 N–H and O–H groups in total. The van der Waals surface area contributed by atoms with Crippen molar-refractivity contribution in [2.45, 2.75) is 38.4 Å². The van der Waals surface area contributed by atoms with E-state index in [9.17, 15) is 21.6 Å². The number of aryl methyl sites for hydroxylation is 3. The van der Waals surface area contributed by atoms with E-state index < -0.39 is 21.8 Å². The van der Waals surface area contributed by atoms with Crippen LogP contribution in [0.5, 0.6) is 0 Å². The predicted molar refractivity (Wildman–Crippen MR) is 86.1 cm³/mol. The first-order chi connectivity index (χ1) is 11.0. The average molecular weight is 357 g/mol. The van der Waals surface area contributed by atoms with Gasteiger partial charge in [-0.1, -0.05) is 35.9 Å². The maximum Gasteiger partial charge on any atom is 0.416 e. The number of halogens is 3. The van der Waals surface area contributed by atoms with Crippen LogP contribution in [0.15, 0.2) is 41.3 Å². The third-order valence-corrected chi connectivity index (χ3v) is 5.30. The summed E-state index contributed by atoms with van der Waals surface area (Å²) in [6.07, 6.45) is -4.46. The Hall–Kier alpha value is -1.86. The lowest BCUT2D eigenvalue weighted by Crippen LogP contribution is -2.25. The summed E-state index contributed by atoms with van der Waals surface area (Å²) in [6.45, 7) is 5.04. The monoisotopic (exact) mass is 357 g/mol. The van der Waals surface area contributed by atoms with Gasteiger partial charge in [-0.05, 0) is 43.5 Å². The van der Waals surface area contributed by atoms with Crippen molar-refractivity contribution >= 4 is 10.0 Å². The van der Waals surface area contributed by atoms with E-state index in [1.807, 2.05) is 6.92 Å². The minimum absolute atomic E-state index is 0.167. The van der Waals surface area contributed by atoms with Crippen molar-refractivity contribution in [2.75, 3.05) is 0 Å². The molecule has 0 heterocycles. The van der Waals surface area contributed by atoms with E-state index in [0.717, 1.165) is 17.7 Å². The number of sulfonamides is 1. The third-order valence-electron chi connectivity index (χ3n) is 3.59. The van der Waals surface area contributed by atoms with Crippen LogP contribution in [-0.4, -0.2) is 8.42 Å². The van der Waals surface area contributed by atoms with E-state index in [0.29, 0.717) is 11.1 Å². The fourth-order valence-corrected chi connectivity index (χ4v) is 4.17. The predicted octanol–water partition coefficient (Wildman–Crippen LogP) is 4.11. The summed E-state index contributed by atoms with van der Waals surface area (Å²) in [5.74, 6) is 0. The Labute approximate surface area is 139 Å². The van der Waals surface area contributed by atoms with E-state index in [-0.39, 0.29) is 17.0 Å². The summed E-state index contributed by atoms with van der Waals surface area (Å²) in [5, 5.41) is 0. The van der Waals surface area contributed by atoms with Crippen molar-refractivity contribution in [3.8, 4) is 0 Å². The molecule has 2 aromatic rings. The van der Waals surface area contributed by atoms with Gasteiger partial charge in [-0.2, -0.15) is 13.2 Å². The summed E-state index contributed by atoms with van der Waals surface area (Å²) in [4.78, 5) is 0.167. The molecule has 24 heavy (non-hydrogen) atoms. The van der Waals surface area contributed by atoms with Crippen LogP contribution in [-0.2, 0) is 22.7 Å². The van der Waals surface area contributed by atoms with Gasteiger partial charge >= 0.3 is 6.18 Å². The van der Waals surface area contributed by atoms with Crippen LogP contribution in [0.25, 0.3) is 0 Å². The second kappa shape index (κ2) is 6.57. The number of hydrogen-bond acceptors (Lipinski definition) is 2. The van der Waals surface area contributed by atoms with Crippen LogP contribution in [0.3, 0.4) is 0 Å².